The molecule has 4 heteroatoms. The number of ether oxygens (including phenoxy) is 1. The summed E-state index contributed by atoms with van der Waals surface area (Å²) in [6, 6.07) is 9.90. The van der Waals surface area contributed by atoms with Crippen LogP contribution < -0.4 is 4.74 Å². The van der Waals surface area contributed by atoms with Gasteiger partial charge in [0.25, 0.3) is 0 Å². The van der Waals surface area contributed by atoms with E-state index in [1.54, 1.807) is 12.5 Å². The van der Waals surface area contributed by atoms with Gasteiger partial charge < -0.3 is 14.1 Å². The average Bonchev–Trinajstić information content (AvgIpc) is 3.34. The van der Waals surface area contributed by atoms with E-state index in [4.69, 9.17) is 9.15 Å². The Kier molecular flexibility index (Phi) is 4.55. The molecule has 0 bridgehead atoms. The highest BCUT2D eigenvalue weighted by atomic mass is 16.5. The van der Waals surface area contributed by atoms with Crippen molar-refractivity contribution >= 4 is 27.4 Å². The number of furan rings is 1. The zero-order valence-electron chi connectivity index (χ0n) is 15.7. The Labute approximate surface area is 158 Å². The number of rotatable bonds is 5. The van der Waals surface area contributed by atoms with Gasteiger partial charge in [-0.2, -0.15) is 0 Å². The molecule has 4 nitrogen and oxygen atoms in total. The lowest BCUT2D eigenvalue weighted by molar-refractivity contribution is 0.473. The largest absolute Gasteiger partial charge is 0.464 e. The van der Waals surface area contributed by atoms with E-state index in [0.29, 0.717) is 5.88 Å². The van der Waals surface area contributed by atoms with Crippen molar-refractivity contribution in [1.82, 2.24) is 9.97 Å². The summed E-state index contributed by atoms with van der Waals surface area (Å²) >= 11 is 0. The fourth-order valence-corrected chi connectivity index (χ4v) is 3.52. The van der Waals surface area contributed by atoms with Crippen LogP contribution in [0.2, 0.25) is 0 Å². The number of aromatic nitrogens is 2. The molecule has 0 unspecified atom stereocenters. The molecule has 0 radical (unpaired) electrons. The number of aromatic amines is 1. The molecule has 3 aromatic heterocycles. The Morgan fingerprint density at radius 3 is 2.89 bits per heavy atom. The number of fused-ring (bicyclic) bond motifs is 2. The highest BCUT2D eigenvalue weighted by Gasteiger charge is 2.14. The van der Waals surface area contributed by atoms with Crippen molar-refractivity contribution in [3.8, 4) is 11.6 Å². The lowest BCUT2D eigenvalue weighted by Crippen LogP contribution is -1.93. The van der Waals surface area contributed by atoms with Crippen molar-refractivity contribution in [3.05, 3.63) is 72.3 Å². The summed E-state index contributed by atoms with van der Waals surface area (Å²) in [5.41, 5.74) is 5.43. The predicted molar refractivity (Wildman–Crippen MR) is 110 cm³/mol. The van der Waals surface area contributed by atoms with Gasteiger partial charge in [0, 0.05) is 17.8 Å². The molecule has 0 aliphatic rings. The van der Waals surface area contributed by atoms with Gasteiger partial charge in [0.2, 0.25) is 5.88 Å². The van der Waals surface area contributed by atoms with Crippen molar-refractivity contribution < 1.29 is 9.15 Å². The molecule has 0 aliphatic carbocycles. The molecule has 3 heterocycles. The van der Waals surface area contributed by atoms with Crippen LogP contribution >= 0.6 is 0 Å². The molecule has 0 spiro atoms. The van der Waals surface area contributed by atoms with Crippen LogP contribution in [0.25, 0.3) is 27.4 Å². The van der Waals surface area contributed by atoms with E-state index in [1.807, 2.05) is 24.4 Å². The topological polar surface area (TPSA) is 51.1 Å². The van der Waals surface area contributed by atoms with Crippen LogP contribution in [-0.4, -0.2) is 9.97 Å². The van der Waals surface area contributed by atoms with E-state index in [-0.39, 0.29) is 0 Å². The number of hydrogen-bond donors (Lipinski definition) is 1. The normalized spacial score (nSPS) is 12.9. The Balaban J connectivity index is 1.80. The van der Waals surface area contributed by atoms with Crippen molar-refractivity contribution in [2.75, 3.05) is 0 Å². The number of benzene rings is 1. The van der Waals surface area contributed by atoms with Crippen LogP contribution in [0.3, 0.4) is 0 Å². The number of nitrogens with one attached hydrogen (secondary N) is 1. The molecule has 0 fully saturated rings. The van der Waals surface area contributed by atoms with E-state index in [0.717, 1.165) is 34.0 Å². The predicted octanol–water partition coefficient (Wildman–Crippen LogP) is 6.86. The van der Waals surface area contributed by atoms with Crippen LogP contribution in [0.15, 0.2) is 71.1 Å². The van der Waals surface area contributed by atoms with Gasteiger partial charge in [-0.15, -0.1) is 0 Å². The standard InChI is InChI=1S/C23H22N2O2/c1-4-6-15(3)16(5-2)17-7-8-21(22-18(17)9-12-24-22)27-23-19-11-14-26-20(19)10-13-25-23/h5-14,24H,4H2,1-3H3. The van der Waals surface area contributed by atoms with Crippen molar-refractivity contribution in [3.63, 3.8) is 0 Å². The lowest BCUT2D eigenvalue weighted by atomic mass is 9.95. The Bertz CT molecular complexity index is 1160. The summed E-state index contributed by atoms with van der Waals surface area (Å²) in [6.07, 6.45) is 10.7. The zero-order chi connectivity index (χ0) is 18.8. The highest BCUT2D eigenvalue weighted by molar-refractivity contribution is 5.99. The minimum absolute atomic E-state index is 0.540. The zero-order valence-corrected chi connectivity index (χ0v) is 15.7. The number of allylic oxidation sites excluding steroid dienone is 4. The molecule has 0 amide bonds. The van der Waals surface area contributed by atoms with E-state index in [1.165, 1.54) is 16.7 Å². The van der Waals surface area contributed by atoms with Crippen LogP contribution in [0, 0.1) is 0 Å². The van der Waals surface area contributed by atoms with Gasteiger partial charge >= 0.3 is 0 Å². The number of pyridine rings is 1. The van der Waals surface area contributed by atoms with Crippen molar-refractivity contribution in [2.24, 2.45) is 0 Å². The van der Waals surface area contributed by atoms with E-state index in [9.17, 15) is 0 Å². The molecule has 1 aromatic carbocycles. The summed E-state index contributed by atoms with van der Waals surface area (Å²) < 4.78 is 11.6. The maximum absolute atomic E-state index is 6.16. The second-order valence-electron chi connectivity index (χ2n) is 6.43. The first-order valence-electron chi connectivity index (χ1n) is 9.17. The minimum atomic E-state index is 0.540. The summed E-state index contributed by atoms with van der Waals surface area (Å²) in [4.78, 5) is 7.69. The molecule has 0 atom stereocenters. The molecular weight excluding hydrogens is 336 g/mol. The molecule has 4 rings (SSSR count). The van der Waals surface area contributed by atoms with Crippen molar-refractivity contribution in [1.29, 1.82) is 0 Å². The van der Waals surface area contributed by atoms with Gasteiger partial charge in [0.05, 0.1) is 17.2 Å². The van der Waals surface area contributed by atoms with Crippen LogP contribution in [0.5, 0.6) is 11.6 Å². The lowest BCUT2D eigenvalue weighted by Gasteiger charge is -2.13. The molecule has 1 N–H and O–H groups in total. The summed E-state index contributed by atoms with van der Waals surface area (Å²) in [7, 11) is 0. The van der Waals surface area contributed by atoms with Crippen LogP contribution in [0.1, 0.15) is 32.8 Å². The smallest absolute Gasteiger partial charge is 0.230 e. The number of H-pyrrole nitrogens is 1. The third kappa shape index (κ3) is 3.04. The van der Waals surface area contributed by atoms with E-state index >= 15 is 0 Å². The van der Waals surface area contributed by atoms with E-state index < -0.39 is 0 Å². The third-order valence-corrected chi connectivity index (χ3v) is 4.75. The first kappa shape index (κ1) is 17.2. The second kappa shape index (κ2) is 7.16. The van der Waals surface area contributed by atoms with Crippen LogP contribution in [0.4, 0.5) is 0 Å². The number of hydrogen-bond acceptors (Lipinski definition) is 3. The summed E-state index contributed by atoms with van der Waals surface area (Å²) in [5, 5.41) is 1.99. The molecule has 0 saturated heterocycles. The van der Waals surface area contributed by atoms with Gasteiger partial charge in [-0.3, -0.25) is 0 Å². The molecule has 0 saturated carbocycles. The SMILES string of the molecule is CC=C(C(C)=CCC)c1ccc(Oc2nccc3occc23)c2[nH]ccc12. The van der Waals surface area contributed by atoms with Gasteiger partial charge in [-0.05, 0) is 67.3 Å². The molecule has 27 heavy (non-hydrogen) atoms. The van der Waals surface area contributed by atoms with Gasteiger partial charge in [0.1, 0.15) is 5.58 Å². The fraction of sp³-hybridized carbons (Fsp3) is 0.174. The van der Waals surface area contributed by atoms with Gasteiger partial charge in [0.15, 0.2) is 5.75 Å². The third-order valence-electron chi connectivity index (χ3n) is 4.75. The summed E-state index contributed by atoms with van der Waals surface area (Å²) in [6.45, 7) is 6.39. The van der Waals surface area contributed by atoms with Gasteiger partial charge in [-0.25, -0.2) is 4.98 Å². The second-order valence-corrected chi connectivity index (χ2v) is 6.43. The minimum Gasteiger partial charge on any atom is -0.464 e. The molecule has 4 aromatic rings. The van der Waals surface area contributed by atoms with E-state index in [2.05, 4.69) is 55.0 Å². The highest BCUT2D eigenvalue weighted by Crippen LogP contribution is 2.37. The molecule has 136 valence electrons. The Morgan fingerprint density at radius 2 is 2.07 bits per heavy atom. The first-order valence-corrected chi connectivity index (χ1v) is 9.17. The first-order chi connectivity index (χ1) is 13.2. The van der Waals surface area contributed by atoms with Crippen LogP contribution in [-0.2, 0) is 0 Å². The maximum Gasteiger partial charge on any atom is 0.230 e. The Hall–Kier alpha value is -3.27. The quantitative estimate of drug-likeness (QED) is 0.396. The molecule has 0 aliphatic heterocycles. The van der Waals surface area contributed by atoms with Gasteiger partial charge in [-0.1, -0.05) is 19.1 Å². The average molecular weight is 358 g/mol. The van der Waals surface area contributed by atoms with Crippen molar-refractivity contribution in [2.45, 2.75) is 27.2 Å². The fourth-order valence-electron chi connectivity index (χ4n) is 3.52. The summed E-state index contributed by atoms with van der Waals surface area (Å²) in [5.74, 6) is 1.28. The molecular formula is C23H22N2O2. The Morgan fingerprint density at radius 1 is 1.19 bits per heavy atom. The monoisotopic (exact) mass is 358 g/mol. The number of nitrogens with zero attached hydrogens (tertiary/aromatic N) is 1. The maximum atomic E-state index is 6.16.